The van der Waals surface area contributed by atoms with Gasteiger partial charge in [-0.15, -0.1) is 10.2 Å². The number of aryl methyl sites for hydroxylation is 1. The molecule has 0 unspecified atom stereocenters. The van der Waals surface area contributed by atoms with Gasteiger partial charge in [0.15, 0.2) is 5.16 Å². The average molecular weight is 475 g/mol. The first-order valence-corrected chi connectivity index (χ1v) is 11.6. The third kappa shape index (κ3) is 4.72. The Morgan fingerprint density at radius 1 is 1.15 bits per heavy atom. The van der Waals surface area contributed by atoms with Gasteiger partial charge in [0, 0.05) is 12.2 Å². The van der Waals surface area contributed by atoms with Crippen molar-refractivity contribution < 1.29 is 9.18 Å². The van der Waals surface area contributed by atoms with E-state index < -0.39 is 0 Å². The largest absolute Gasteiger partial charge is 0.326 e. The highest BCUT2D eigenvalue weighted by atomic mass is 32.2. The highest BCUT2D eigenvalue weighted by Crippen LogP contribution is 2.28. The highest BCUT2D eigenvalue weighted by Gasteiger charge is 2.20. The van der Waals surface area contributed by atoms with Crippen molar-refractivity contribution in [1.82, 2.24) is 19.3 Å². The molecule has 172 valence electrons. The van der Waals surface area contributed by atoms with Gasteiger partial charge in [0.2, 0.25) is 5.91 Å². The van der Waals surface area contributed by atoms with Crippen molar-refractivity contribution in [2.24, 2.45) is 0 Å². The van der Waals surface area contributed by atoms with Crippen LogP contribution >= 0.6 is 11.8 Å². The van der Waals surface area contributed by atoms with Crippen molar-refractivity contribution in [3.63, 3.8) is 0 Å². The molecule has 1 N–H and O–H groups in total. The molecule has 4 rings (SSSR count). The van der Waals surface area contributed by atoms with E-state index in [0.717, 1.165) is 28.1 Å². The summed E-state index contributed by atoms with van der Waals surface area (Å²) in [6, 6.07) is 16.2. The van der Waals surface area contributed by atoms with Crippen LogP contribution in [-0.2, 0) is 11.3 Å². The second kappa shape index (κ2) is 9.93. The van der Waals surface area contributed by atoms with Crippen LogP contribution in [0.5, 0.6) is 0 Å². The van der Waals surface area contributed by atoms with E-state index in [2.05, 4.69) is 21.6 Å². The van der Waals surface area contributed by atoms with Gasteiger partial charge in [0.25, 0.3) is 0 Å². The van der Waals surface area contributed by atoms with Crippen LogP contribution in [0.15, 0.2) is 60.0 Å². The number of benzene rings is 2. The van der Waals surface area contributed by atoms with Crippen molar-refractivity contribution in [1.29, 1.82) is 5.26 Å². The SMILES string of the molecule is Cc1ccccc1-n1cnnc1SCC(=O)Nc1c(C#N)c(C)c(C)n1Cc1ccc(F)cc1. The number of para-hydroxylation sites is 1. The Morgan fingerprint density at radius 2 is 1.88 bits per heavy atom. The molecule has 7 nitrogen and oxygen atoms in total. The average Bonchev–Trinajstić information content (AvgIpc) is 3.38. The molecule has 2 heterocycles. The first-order chi connectivity index (χ1) is 16.4. The van der Waals surface area contributed by atoms with Crippen LogP contribution in [0, 0.1) is 37.9 Å². The molecule has 0 saturated carbocycles. The van der Waals surface area contributed by atoms with Gasteiger partial charge < -0.3 is 9.88 Å². The summed E-state index contributed by atoms with van der Waals surface area (Å²) in [5, 5.41) is 21.4. The van der Waals surface area contributed by atoms with Crippen LogP contribution in [0.3, 0.4) is 0 Å². The first-order valence-electron chi connectivity index (χ1n) is 10.6. The lowest BCUT2D eigenvalue weighted by molar-refractivity contribution is -0.113. The van der Waals surface area contributed by atoms with E-state index in [-0.39, 0.29) is 17.5 Å². The second-order valence-electron chi connectivity index (χ2n) is 7.87. The van der Waals surface area contributed by atoms with Crippen LogP contribution in [-0.4, -0.2) is 31.0 Å². The Bertz CT molecular complexity index is 1380. The molecule has 0 spiro atoms. The summed E-state index contributed by atoms with van der Waals surface area (Å²) in [7, 11) is 0. The fourth-order valence-corrected chi connectivity index (χ4v) is 4.44. The van der Waals surface area contributed by atoms with E-state index in [1.54, 1.807) is 18.5 Å². The summed E-state index contributed by atoms with van der Waals surface area (Å²) in [6.45, 7) is 6.15. The summed E-state index contributed by atoms with van der Waals surface area (Å²) in [6.07, 6.45) is 1.62. The number of nitriles is 1. The fraction of sp³-hybridized carbons (Fsp3) is 0.200. The van der Waals surface area contributed by atoms with E-state index in [4.69, 9.17) is 0 Å². The lowest BCUT2D eigenvalue weighted by atomic mass is 10.2. The van der Waals surface area contributed by atoms with Gasteiger partial charge >= 0.3 is 0 Å². The molecule has 0 saturated heterocycles. The molecule has 4 aromatic rings. The Hall–Kier alpha value is -3.90. The topological polar surface area (TPSA) is 88.5 Å². The molecule has 0 radical (unpaired) electrons. The van der Waals surface area contributed by atoms with Crippen molar-refractivity contribution in [2.75, 3.05) is 11.1 Å². The smallest absolute Gasteiger partial charge is 0.235 e. The molecule has 0 fully saturated rings. The molecule has 1 amide bonds. The number of nitrogens with zero attached hydrogens (tertiary/aromatic N) is 5. The number of aromatic nitrogens is 4. The molecular formula is C25H23FN6OS. The fourth-order valence-electron chi connectivity index (χ4n) is 3.72. The zero-order chi connectivity index (χ0) is 24.2. The van der Waals surface area contributed by atoms with Crippen molar-refractivity contribution in [3.8, 4) is 11.8 Å². The monoisotopic (exact) mass is 474 g/mol. The van der Waals surface area contributed by atoms with Crippen LogP contribution in [0.1, 0.15) is 27.9 Å². The van der Waals surface area contributed by atoms with Gasteiger partial charge in [-0.3, -0.25) is 9.36 Å². The van der Waals surface area contributed by atoms with Gasteiger partial charge in [0.1, 0.15) is 24.0 Å². The number of hydrogen-bond acceptors (Lipinski definition) is 5. The number of anilines is 1. The molecular weight excluding hydrogens is 451 g/mol. The number of halogens is 1. The maximum atomic E-state index is 13.3. The second-order valence-corrected chi connectivity index (χ2v) is 8.81. The van der Waals surface area contributed by atoms with Gasteiger partial charge in [-0.25, -0.2) is 4.39 Å². The Labute approximate surface area is 201 Å². The van der Waals surface area contributed by atoms with E-state index >= 15 is 0 Å². The summed E-state index contributed by atoms with van der Waals surface area (Å²) in [5.74, 6) is -0.0487. The molecule has 34 heavy (non-hydrogen) atoms. The van der Waals surface area contributed by atoms with E-state index in [9.17, 15) is 14.4 Å². The molecule has 9 heteroatoms. The minimum atomic E-state index is -0.314. The standard InChI is InChI=1S/C25H23FN6OS/c1-16-6-4-5-7-22(16)32-15-28-30-25(32)34-14-23(33)29-24-21(12-27)17(2)18(3)31(24)13-19-8-10-20(26)11-9-19/h4-11,15H,13-14H2,1-3H3,(H,29,33). The number of carbonyl (C=O) groups excluding carboxylic acids is 1. The Balaban J connectivity index is 1.53. The lowest BCUT2D eigenvalue weighted by Gasteiger charge is -2.13. The van der Waals surface area contributed by atoms with Crippen LogP contribution in [0.2, 0.25) is 0 Å². The summed E-state index contributed by atoms with van der Waals surface area (Å²) < 4.78 is 17.0. The zero-order valence-electron chi connectivity index (χ0n) is 19.0. The van der Waals surface area contributed by atoms with Crippen molar-refractivity contribution >= 4 is 23.5 Å². The van der Waals surface area contributed by atoms with E-state index in [1.165, 1.54) is 23.9 Å². The first kappa shape index (κ1) is 23.3. The van der Waals surface area contributed by atoms with Crippen LogP contribution < -0.4 is 5.32 Å². The molecule has 0 aliphatic carbocycles. The number of carbonyl (C=O) groups is 1. The molecule has 0 aliphatic heterocycles. The molecule has 0 atom stereocenters. The molecule has 2 aromatic carbocycles. The van der Waals surface area contributed by atoms with Crippen LogP contribution in [0.25, 0.3) is 5.69 Å². The Kier molecular flexibility index (Phi) is 6.80. The quantitative estimate of drug-likeness (QED) is 0.389. The Morgan fingerprint density at radius 3 is 2.59 bits per heavy atom. The predicted molar refractivity (Wildman–Crippen MR) is 130 cm³/mol. The van der Waals surface area contributed by atoms with Gasteiger partial charge in [-0.2, -0.15) is 5.26 Å². The molecule has 0 bridgehead atoms. The van der Waals surface area contributed by atoms with E-state index in [0.29, 0.717) is 23.1 Å². The van der Waals surface area contributed by atoms with Gasteiger partial charge in [0.05, 0.1) is 17.0 Å². The minimum Gasteiger partial charge on any atom is -0.326 e. The van der Waals surface area contributed by atoms with Crippen molar-refractivity contribution in [3.05, 3.63) is 88.6 Å². The highest BCUT2D eigenvalue weighted by molar-refractivity contribution is 7.99. The van der Waals surface area contributed by atoms with Gasteiger partial charge in [-0.05, 0) is 55.7 Å². The normalized spacial score (nSPS) is 10.8. The number of hydrogen-bond donors (Lipinski definition) is 1. The van der Waals surface area contributed by atoms with Crippen LogP contribution in [0.4, 0.5) is 10.2 Å². The van der Waals surface area contributed by atoms with E-state index in [1.807, 2.05) is 54.2 Å². The number of amides is 1. The summed E-state index contributed by atoms with van der Waals surface area (Å²) in [5.41, 5.74) is 4.95. The maximum Gasteiger partial charge on any atom is 0.235 e. The number of rotatable bonds is 7. The molecule has 2 aromatic heterocycles. The minimum absolute atomic E-state index is 0.0925. The zero-order valence-corrected chi connectivity index (χ0v) is 19.9. The maximum absolute atomic E-state index is 13.3. The third-order valence-corrected chi connectivity index (χ3v) is 6.62. The summed E-state index contributed by atoms with van der Waals surface area (Å²) in [4.78, 5) is 12.9. The predicted octanol–water partition coefficient (Wildman–Crippen LogP) is 4.78. The lowest BCUT2D eigenvalue weighted by Crippen LogP contribution is -2.19. The summed E-state index contributed by atoms with van der Waals surface area (Å²) >= 11 is 1.26. The number of nitrogens with one attached hydrogen (secondary N) is 1. The van der Waals surface area contributed by atoms with Crippen molar-refractivity contribution in [2.45, 2.75) is 32.5 Å². The molecule has 0 aliphatic rings. The van der Waals surface area contributed by atoms with Gasteiger partial charge in [-0.1, -0.05) is 42.1 Å². The third-order valence-electron chi connectivity index (χ3n) is 5.68. The number of thioether (sulfide) groups is 1.